The third-order valence-corrected chi connectivity index (χ3v) is 4.09. The van der Waals surface area contributed by atoms with Crippen LogP contribution < -0.4 is 5.32 Å². The van der Waals surface area contributed by atoms with Gasteiger partial charge in [-0.15, -0.1) is 0 Å². The molecule has 1 fully saturated rings. The molecule has 0 saturated heterocycles. The minimum Gasteiger partial charge on any atom is -0.481 e. The third kappa shape index (κ3) is 3.97. The van der Waals surface area contributed by atoms with Crippen LogP contribution >= 0.6 is 11.6 Å². The van der Waals surface area contributed by atoms with E-state index in [4.69, 9.17) is 16.7 Å². The van der Waals surface area contributed by atoms with Crippen molar-refractivity contribution in [2.24, 2.45) is 5.41 Å². The molecular formula is C15H18ClNO3. The van der Waals surface area contributed by atoms with Crippen LogP contribution in [0.1, 0.15) is 31.2 Å². The Morgan fingerprint density at radius 3 is 2.65 bits per heavy atom. The van der Waals surface area contributed by atoms with Crippen molar-refractivity contribution in [3.8, 4) is 0 Å². The van der Waals surface area contributed by atoms with E-state index in [2.05, 4.69) is 5.32 Å². The van der Waals surface area contributed by atoms with E-state index in [1.807, 2.05) is 12.1 Å². The van der Waals surface area contributed by atoms with Crippen LogP contribution in [0.2, 0.25) is 5.02 Å². The van der Waals surface area contributed by atoms with Gasteiger partial charge in [0.15, 0.2) is 0 Å². The molecule has 1 saturated carbocycles. The predicted octanol–water partition coefficient (Wildman–Crippen LogP) is 2.64. The van der Waals surface area contributed by atoms with Crippen molar-refractivity contribution in [2.75, 3.05) is 6.54 Å². The molecule has 0 aliphatic heterocycles. The average molecular weight is 296 g/mol. The first-order valence-corrected chi connectivity index (χ1v) is 7.10. The smallest absolute Gasteiger partial charge is 0.303 e. The molecule has 0 heterocycles. The van der Waals surface area contributed by atoms with Gasteiger partial charge in [0.25, 0.3) is 0 Å². The highest BCUT2D eigenvalue weighted by molar-refractivity contribution is 6.30. The summed E-state index contributed by atoms with van der Waals surface area (Å²) in [5.74, 6) is -0.891. The Morgan fingerprint density at radius 2 is 2.10 bits per heavy atom. The summed E-state index contributed by atoms with van der Waals surface area (Å²) >= 11 is 5.87. The topological polar surface area (TPSA) is 66.4 Å². The van der Waals surface area contributed by atoms with E-state index in [0.717, 1.165) is 24.8 Å². The van der Waals surface area contributed by atoms with Crippen LogP contribution in [-0.2, 0) is 16.0 Å². The number of carbonyl (C=O) groups is 2. The van der Waals surface area contributed by atoms with Crippen molar-refractivity contribution in [1.82, 2.24) is 5.32 Å². The van der Waals surface area contributed by atoms with E-state index in [9.17, 15) is 9.59 Å². The zero-order valence-corrected chi connectivity index (χ0v) is 11.9. The van der Waals surface area contributed by atoms with Gasteiger partial charge in [-0.3, -0.25) is 9.59 Å². The largest absolute Gasteiger partial charge is 0.481 e. The molecule has 1 aliphatic carbocycles. The van der Waals surface area contributed by atoms with Crippen molar-refractivity contribution in [2.45, 2.75) is 32.1 Å². The number of halogens is 1. The molecule has 1 amide bonds. The number of benzene rings is 1. The fraction of sp³-hybridized carbons (Fsp3) is 0.467. The van der Waals surface area contributed by atoms with Crippen molar-refractivity contribution in [1.29, 1.82) is 0 Å². The molecule has 1 aromatic rings. The van der Waals surface area contributed by atoms with E-state index in [-0.39, 0.29) is 24.2 Å². The maximum Gasteiger partial charge on any atom is 0.303 e. The number of hydrogen-bond acceptors (Lipinski definition) is 2. The number of carboxylic acid groups (broad SMARTS) is 1. The minimum atomic E-state index is -0.797. The number of carboxylic acids is 1. The lowest BCUT2D eigenvalue weighted by molar-refractivity contribution is -0.141. The number of rotatable bonds is 6. The molecule has 0 radical (unpaired) electrons. The van der Waals surface area contributed by atoms with Crippen LogP contribution in [0, 0.1) is 5.41 Å². The molecule has 1 aliphatic rings. The van der Waals surface area contributed by atoms with Crippen LogP contribution in [-0.4, -0.2) is 23.5 Å². The molecule has 2 rings (SSSR count). The highest BCUT2D eigenvalue weighted by atomic mass is 35.5. The summed E-state index contributed by atoms with van der Waals surface area (Å²) in [4.78, 5) is 22.7. The van der Waals surface area contributed by atoms with Gasteiger partial charge in [0.2, 0.25) is 5.91 Å². The van der Waals surface area contributed by atoms with Gasteiger partial charge in [-0.1, -0.05) is 30.2 Å². The third-order valence-electron chi connectivity index (χ3n) is 3.85. The molecule has 5 heteroatoms. The second kappa shape index (κ2) is 6.27. The summed E-state index contributed by atoms with van der Waals surface area (Å²) in [6, 6.07) is 7.18. The molecule has 4 nitrogen and oxygen atoms in total. The van der Waals surface area contributed by atoms with Gasteiger partial charge in [0.05, 0.1) is 12.8 Å². The van der Waals surface area contributed by atoms with Crippen LogP contribution in [0.3, 0.4) is 0 Å². The zero-order chi connectivity index (χ0) is 14.6. The van der Waals surface area contributed by atoms with Crippen molar-refractivity contribution < 1.29 is 14.7 Å². The van der Waals surface area contributed by atoms with Gasteiger partial charge < -0.3 is 10.4 Å². The molecule has 0 atom stereocenters. The van der Waals surface area contributed by atoms with Crippen LogP contribution in [0.15, 0.2) is 24.3 Å². The summed E-state index contributed by atoms with van der Waals surface area (Å²) < 4.78 is 0. The summed E-state index contributed by atoms with van der Waals surface area (Å²) in [5, 5.41) is 12.4. The number of amides is 1. The molecule has 0 bridgehead atoms. The lowest BCUT2D eigenvalue weighted by Crippen LogP contribution is -2.43. The number of aliphatic carboxylic acids is 1. The van der Waals surface area contributed by atoms with Gasteiger partial charge in [-0.25, -0.2) is 0 Å². The van der Waals surface area contributed by atoms with Gasteiger partial charge in [0, 0.05) is 11.6 Å². The van der Waals surface area contributed by atoms with E-state index in [0.29, 0.717) is 11.6 Å². The van der Waals surface area contributed by atoms with Crippen LogP contribution in [0.25, 0.3) is 0 Å². The Morgan fingerprint density at radius 1 is 1.35 bits per heavy atom. The molecule has 0 spiro atoms. The maximum atomic E-state index is 11.9. The fourth-order valence-corrected chi connectivity index (χ4v) is 2.81. The molecule has 0 aromatic heterocycles. The van der Waals surface area contributed by atoms with Gasteiger partial charge in [-0.05, 0) is 36.0 Å². The standard InChI is InChI=1S/C15H18ClNO3/c16-12-4-1-3-11(7-12)8-13(18)17-10-15(5-2-6-15)9-14(19)20/h1,3-4,7H,2,5-6,8-10H2,(H,17,18)(H,19,20). The Balaban J connectivity index is 1.84. The lowest BCUT2D eigenvalue weighted by atomic mass is 9.66. The van der Waals surface area contributed by atoms with Crippen molar-refractivity contribution >= 4 is 23.5 Å². The lowest BCUT2D eigenvalue weighted by Gasteiger charge is -2.40. The normalized spacial score (nSPS) is 16.2. The van der Waals surface area contributed by atoms with E-state index in [1.54, 1.807) is 12.1 Å². The first kappa shape index (κ1) is 14.9. The molecule has 1 aromatic carbocycles. The first-order chi connectivity index (χ1) is 9.49. The number of nitrogens with one attached hydrogen (secondary N) is 1. The number of carbonyl (C=O) groups excluding carboxylic acids is 1. The first-order valence-electron chi connectivity index (χ1n) is 6.72. The van der Waals surface area contributed by atoms with E-state index < -0.39 is 5.97 Å². The second-order valence-corrected chi connectivity index (χ2v) is 5.94. The Bertz CT molecular complexity index is 512. The Labute approximate surface area is 123 Å². The zero-order valence-electron chi connectivity index (χ0n) is 11.2. The second-order valence-electron chi connectivity index (χ2n) is 5.51. The minimum absolute atomic E-state index is 0.0936. The van der Waals surface area contributed by atoms with Crippen LogP contribution in [0.4, 0.5) is 0 Å². The molecular weight excluding hydrogens is 278 g/mol. The van der Waals surface area contributed by atoms with Crippen molar-refractivity contribution in [3.63, 3.8) is 0 Å². The predicted molar refractivity (Wildman–Crippen MR) is 76.7 cm³/mol. The Kier molecular flexibility index (Phi) is 4.65. The molecule has 0 unspecified atom stereocenters. The summed E-state index contributed by atoms with van der Waals surface area (Å²) in [6.45, 7) is 0.443. The van der Waals surface area contributed by atoms with Gasteiger partial charge >= 0.3 is 5.97 Å². The van der Waals surface area contributed by atoms with E-state index in [1.165, 1.54) is 0 Å². The quantitative estimate of drug-likeness (QED) is 0.848. The van der Waals surface area contributed by atoms with Crippen molar-refractivity contribution in [3.05, 3.63) is 34.9 Å². The van der Waals surface area contributed by atoms with Crippen LogP contribution in [0.5, 0.6) is 0 Å². The van der Waals surface area contributed by atoms with Gasteiger partial charge in [-0.2, -0.15) is 0 Å². The number of hydrogen-bond donors (Lipinski definition) is 2. The maximum absolute atomic E-state index is 11.9. The van der Waals surface area contributed by atoms with Gasteiger partial charge in [0.1, 0.15) is 0 Å². The average Bonchev–Trinajstić information content (AvgIpc) is 2.32. The summed E-state index contributed by atoms with van der Waals surface area (Å²) in [7, 11) is 0. The molecule has 2 N–H and O–H groups in total. The highest BCUT2D eigenvalue weighted by Crippen LogP contribution is 2.43. The van der Waals surface area contributed by atoms with E-state index >= 15 is 0 Å². The fourth-order valence-electron chi connectivity index (χ4n) is 2.59. The monoisotopic (exact) mass is 295 g/mol. The highest BCUT2D eigenvalue weighted by Gasteiger charge is 2.39. The SMILES string of the molecule is O=C(O)CC1(CNC(=O)Cc2cccc(Cl)c2)CCC1. The molecule has 20 heavy (non-hydrogen) atoms. The summed E-state index contributed by atoms with van der Waals surface area (Å²) in [6.07, 6.45) is 3.18. The molecule has 108 valence electrons. The summed E-state index contributed by atoms with van der Waals surface area (Å²) in [5.41, 5.74) is 0.617. The Hall–Kier alpha value is -1.55.